The molecule has 0 bridgehead atoms. The molecule has 5 nitrogen and oxygen atoms in total. The van der Waals surface area contributed by atoms with Gasteiger partial charge in [-0.3, -0.25) is 0 Å². The van der Waals surface area contributed by atoms with Crippen LogP contribution in [0.4, 0.5) is 0 Å². The summed E-state index contributed by atoms with van der Waals surface area (Å²) in [5.41, 5.74) is 5.87. The zero-order valence-corrected chi connectivity index (χ0v) is 16.9. The lowest BCUT2D eigenvalue weighted by Gasteiger charge is -2.37. The number of hydrogen-bond acceptors (Lipinski definition) is 5. The summed E-state index contributed by atoms with van der Waals surface area (Å²) in [5.74, 6) is 2.28. The van der Waals surface area contributed by atoms with Crippen molar-refractivity contribution >= 4 is 5.71 Å². The maximum atomic E-state index is 6.40. The highest BCUT2D eigenvalue weighted by Crippen LogP contribution is 2.50. The molecule has 3 aromatic rings. The van der Waals surface area contributed by atoms with Gasteiger partial charge in [-0.25, -0.2) is 5.01 Å². The third kappa shape index (κ3) is 2.97. The van der Waals surface area contributed by atoms with E-state index in [2.05, 4.69) is 38.1 Å². The molecule has 0 spiro atoms. The van der Waals surface area contributed by atoms with Crippen LogP contribution in [0.15, 0.2) is 64.3 Å². The highest BCUT2D eigenvalue weighted by atomic mass is 16.5. The van der Waals surface area contributed by atoms with E-state index in [0.717, 1.165) is 40.5 Å². The van der Waals surface area contributed by atoms with Crippen LogP contribution >= 0.6 is 0 Å². The van der Waals surface area contributed by atoms with E-state index < -0.39 is 6.23 Å². The average Bonchev–Trinajstić information content (AvgIpc) is 3.40. The first-order valence-electron chi connectivity index (χ1n) is 10.0. The maximum absolute atomic E-state index is 6.40. The van der Waals surface area contributed by atoms with Crippen molar-refractivity contribution in [2.24, 2.45) is 5.10 Å². The smallest absolute Gasteiger partial charge is 0.246 e. The van der Waals surface area contributed by atoms with Crippen molar-refractivity contribution in [3.63, 3.8) is 0 Å². The van der Waals surface area contributed by atoms with Gasteiger partial charge < -0.3 is 13.9 Å². The number of benzene rings is 2. The zero-order valence-electron chi connectivity index (χ0n) is 16.9. The summed E-state index contributed by atoms with van der Waals surface area (Å²) in [6.45, 7) is 6.84. The predicted octanol–water partition coefficient (Wildman–Crippen LogP) is 5.54. The molecule has 0 N–H and O–H groups in total. The molecule has 0 radical (unpaired) electrons. The second-order valence-electron chi connectivity index (χ2n) is 7.54. The Morgan fingerprint density at radius 2 is 2.00 bits per heavy atom. The summed E-state index contributed by atoms with van der Waals surface area (Å²) < 4.78 is 17.9. The van der Waals surface area contributed by atoms with Crippen molar-refractivity contribution in [1.29, 1.82) is 0 Å². The number of hydrazone groups is 1. The fourth-order valence-corrected chi connectivity index (χ4v) is 4.07. The lowest BCUT2D eigenvalue weighted by atomic mass is 9.95. The molecule has 2 aliphatic heterocycles. The van der Waals surface area contributed by atoms with E-state index in [9.17, 15) is 0 Å². The van der Waals surface area contributed by atoms with E-state index in [0.29, 0.717) is 6.61 Å². The van der Waals surface area contributed by atoms with Gasteiger partial charge in [0, 0.05) is 12.0 Å². The quantitative estimate of drug-likeness (QED) is 0.589. The molecular weight excluding hydrogens is 364 g/mol. The first-order chi connectivity index (χ1) is 14.2. The lowest BCUT2D eigenvalue weighted by Crippen LogP contribution is -2.33. The van der Waals surface area contributed by atoms with Gasteiger partial charge in [0.1, 0.15) is 0 Å². The number of furan rings is 1. The van der Waals surface area contributed by atoms with Gasteiger partial charge in [-0.1, -0.05) is 24.3 Å². The molecule has 2 atom stereocenters. The van der Waals surface area contributed by atoms with E-state index in [1.54, 1.807) is 6.26 Å². The molecule has 0 saturated heterocycles. The zero-order chi connectivity index (χ0) is 20.0. The molecule has 148 valence electrons. The molecule has 0 fully saturated rings. The average molecular weight is 388 g/mol. The van der Waals surface area contributed by atoms with Gasteiger partial charge in [0.15, 0.2) is 17.3 Å². The van der Waals surface area contributed by atoms with Gasteiger partial charge in [0.05, 0.1) is 24.6 Å². The first kappa shape index (κ1) is 17.9. The number of para-hydroxylation sites is 1. The van der Waals surface area contributed by atoms with Gasteiger partial charge in [-0.2, -0.15) is 5.10 Å². The van der Waals surface area contributed by atoms with Crippen LogP contribution in [-0.4, -0.2) is 17.3 Å². The van der Waals surface area contributed by atoms with E-state index in [1.807, 2.05) is 36.2 Å². The molecule has 0 aliphatic carbocycles. The SMILES string of the molecule is CCOc1cccc2c1O[C@H](c1ccco1)N1N=C(c3ccc(C)c(C)c3)C[C@@H]21. The highest BCUT2D eigenvalue weighted by Gasteiger charge is 2.43. The molecule has 5 heteroatoms. The molecule has 1 aromatic heterocycles. The van der Waals surface area contributed by atoms with E-state index >= 15 is 0 Å². The Morgan fingerprint density at radius 3 is 2.76 bits per heavy atom. The topological polar surface area (TPSA) is 47.2 Å². The summed E-state index contributed by atoms with van der Waals surface area (Å²) in [6.07, 6.45) is 2.06. The van der Waals surface area contributed by atoms with Crippen LogP contribution in [-0.2, 0) is 0 Å². The van der Waals surface area contributed by atoms with Gasteiger partial charge in [-0.15, -0.1) is 0 Å². The lowest BCUT2D eigenvalue weighted by molar-refractivity contribution is -0.0344. The van der Waals surface area contributed by atoms with Crippen molar-refractivity contribution in [3.05, 3.63) is 82.8 Å². The Morgan fingerprint density at radius 1 is 1.10 bits per heavy atom. The maximum Gasteiger partial charge on any atom is 0.246 e. The van der Waals surface area contributed by atoms with Gasteiger partial charge in [-0.05, 0) is 61.7 Å². The van der Waals surface area contributed by atoms with Crippen molar-refractivity contribution in [1.82, 2.24) is 5.01 Å². The summed E-state index contributed by atoms with van der Waals surface area (Å²) >= 11 is 0. The number of ether oxygens (including phenoxy) is 2. The van der Waals surface area contributed by atoms with E-state index in [4.69, 9.17) is 19.0 Å². The number of hydrogen-bond donors (Lipinski definition) is 0. The standard InChI is InChI=1S/C24H24N2O3/c1-4-27-21-8-5-7-18-20-14-19(17-11-10-15(2)16(3)13-17)25-26(20)24(29-23(18)21)22-9-6-12-28-22/h5-13,20,24H,4,14H2,1-3H3/t20-,24+/m0/s1. The van der Waals surface area contributed by atoms with Crippen molar-refractivity contribution in [3.8, 4) is 11.5 Å². The molecule has 29 heavy (non-hydrogen) atoms. The Kier molecular flexibility index (Phi) is 4.31. The van der Waals surface area contributed by atoms with Crippen LogP contribution in [0.25, 0.3) is 0 Å². The van der Waals surface area contributed by atoms with E-state index in [-0.39, 0.29) is 6.04 Å². The highest BCUT2D eigenvalue weighted by molar-refractivity contribution is 6.02. The molecule has 0 amide bonds. The second kappa shape index (κ2) is 6.99. The monoisotopic (exact) mass is 388 g/mol. The van der Waals surface area contributed by atoms with Gasteiger partial charge >= 0.3 is 0 Å². The molecule has 3 heterocycles. The summed E-state index contributed by atoms with van der Waals surface area (Å²) in [5, 5.41) is 7.02. The largest absolute Gasteiger partial charge is 0.490 e. The van der Waals surface area contributed by atoms with E-state index in [1.165, 1.54) is 11.1 Å². The van der Waals surface area contributed by atoms with Crippen LogP contribution in [0.2, 0.25) is 0 Å². The molecule has 5 rings (SSSR count). The fourth-order valence-electron chi connectivity index (χ4n) is 4.07. The number of nitrogens with zero attached hydrogens (tertiary/aromatic N) is 2. The minimum absolute atomic E-state index is 0.0749. The predicted molar refractivity (Wildman–Crippen MR) is 111 cm³/mol. The first-order valence-corrected chi connectivity index (χ1v) is 10.0. The van der Waals surface area contributed by atoms with Gasteiger partial charge in [0.25, 0.3) is 0 Å². The van der Waals surface area contributed by atoms with Crippen LogP contribution in [0.1, 0.15) is 53.6 Å². The third-order valence-corrected chi connectivity index (χ3v) is 5.71. The molecule has 2 aromatic carbocycles. The number of aryl methyl sites for hydroxylation is 2. The summed E-state index contributed by atoms with van der Waals surface area (Å²) in [7, 11) is 0. The van der Waals surface area contributed by atoms with Gasteiger partial charge in [0.2, 0.25) is 6.23 Å². The Bertz CT molecular complexity index is 1070. The summed E-state index contributed by atoms with van der Waals surface area (Å²) in [6, 6.07) is 16.5. The van der Waals surface area contributed by atoms with Crippen LogP contribution in [0.5, 0.6) is 11.5 Å². The Balaban J connectivity index is 1.60. The molecule has 2 aliphatic rings. The number of fused-ring (bicyclic) bond motifs is 3. The second-order valence-corrected chi connectivity index (χ2v) is 7.54. The fraction of sp³-hybridized carbons (Fsp3) is 0.292. The van der Waals surface area contributed by atoms with Crippen molar-refractivity contribution in [2.75, 3.05) is 6.61 Å². The van der Waals surface area contributed by atoms with Crippen molar-refractivity contribution < 1.29 is 13.9 Å². The number of rotatable bonds is 4. The minimum atomic E-state index is -0.423. The Hall–Kier alpha value is -3.21. The summed E-state index contributed by atoms with van der Waals surface area (Å²) in [4.78, 5) is 0. The molecule has 0 saturated carbocycles. The third-order valence-electron chi connectivity index (χ3n) is 5.71. The minimum Gasteiger partial charge on any atom is -0.490 e. The normalized spacial score (nSPS) is 20.0. The molecule has 0 unspecified atom stereocenters. The van der Waals surface area contributed by atoms with Crippen LogP contribution < -0.4 is 9.47 Å². The van der Waals surface area contributed by atoms with Crippen LogP contribution in [0.3, 0.4) is 0 Å². The van der Waals surface area contributed by atoms with Crippen LogP contribution in [0, 0.1) is 13.8 Å². The molecular formula is C24H24N2O3. The Labute approximate surface area is 170 Å². The van der Waals surface area contributed by atoms with Crippen molar-refractivity contribution in [2.45, 2.75) is 39.5 Å².